The van der Waals surface area contributed by atoms with Crippen molar-refractivity contribution in [3.8, 4) is 0 Å². The molecular weight excluding hydrogens is 228 g/mol. The fraction of sp³-hybridized carbons (Fsp3) is 0.286. The number of nitrogens with zero attached hydrogens (tertiary/aromatic N) is 1. The van der Waals surface area contributed by atoms with Crippen LogP contribution in [-0.2, 0) is 11.2 Å². The molecule has 0 atom stereocenters. The minimum Gasteiger partial charge on any atom is -0.301 e. The van der Waals surface area contributed by atoms with Crippen molar-refractivity contribution in [2.24, 2.45) is 0 Å². The van der Waals surface area contributed by atoms with Gasteiger partial charge < -0.3 is 5.32 Å². The van der Waals surface area contributed by atoms with Gasteiger partial charge in [-0.1, -0.05) is 12.2 Å². The molecule has 0 saturated heterocycles. The Bertz CT molecular complexity index is 313. The SMILES string of the molecule is O=C(CCl)Nc1nc(CC=S)cs1. The number of nitrogens with one attached hydrogen (secondary N) is 1. The second-order valence-electron chi connectivity index (χ2n) is 2.20. The van der Waals surface area contributed by atoms with E-state index in [0.29, 0.717) is 11.6 Å². The standard InChI is InChI=1S/C7H7ClN2OS2/c8-3-6(11)10-7-9-5(1-2-12)4-13-7/h2,4H,1,3H2,(H,9,10,11). The van der Waals surface area contributed by atoms with E-state index < -0.39 is 0 Å². The first-order valence-corrected chi connectivity index (χ1v) is 5.38. The average molecular weight is 235 g/mol. The van der Waals surface area contributed by atoms with Crippen molar-refractivity contribution < 1.29 is 4.79 Å². The molecule has 0 saturated carbocycles. The van der Waals surface area contributed by atoms with Gasteiger partial charge in [-0.3, -0.25) is 4.79 Å². The highest BCUT2D eigenvalue weighted by Crippen LogP contribution is 2.15. The van der Waals surface area contributed by atoms with Gasteiger partial charge in [0.15, 0.2) is 5.13 Å². The van der Waals surface area contributed by atoms with Crippen LogP contribution in [0.15, 0.2) is 5.38 Å². The second-order valence-corrected chi connectivity index (χ2v) is 3.66. The maximum absolute atomic E-state index is 10.8. The molecule has 1 aromatic rings. The lowest BCUT2D eigenvalue weighted by Crippen LogP contribution is -2.12. The van der Waals surface area contributed by atoms with Crippen LogP contribution in [-0.4, -0.2) is 22.1 Å². The molecule has 70 valence electrons. The lowest BCUT2D eigenvalue weighted by Gasteiger charge is -1.94. The van der Waals surface area contributed by atoms with Crippen molar-refractivity contribution in [1.82, 2.24) is 4.98 Å². The number of rotatable bonds is 4. The fourth-order valence-electron chi connectivity index (χ4n) is 0.696. The van der Waals surface area contributed by atoms with E-state index in [9.17, 15) is 4.79 Å². The van der Waals surface area contributed by atoms with Gasteiger partial charge in [-0.25, -0.2) is 4.98 Å². The molecular formula is C7H7ClN2OS2. The second kappa shape index (κ2) is 5.26. The lowest BCUT2D eigenvalue weighted by atomic mass is 10.4. The van der Waals surface area contributed by atoms with E-state index in [0.717, 1.165) is 5.69 Å². The summed E-state index contributed by atoms with van der Waals surface area (Å²) in [4.78, 5) is 15.0. The van der Waals surface area contributed by atoms with Crippen LogP contribution in [0.4, 0.5) is 5.13 Å². The van der Waals surface area contributed by atoms with E-state index in [1.807, 2.05) is 5.38 Å². The number of thiocarbonyl (C=S) groups is 1. The predicted molar refractivity (Wildman–Crippen MR) is 58.8 cm³/mol. The molecule has 13 heavy (non-hydrogen) atoms. The topological polar surface area (TPSA) is 42.0 Å². The number of carbonyl (C=O) groups is 1. The predicted octanol–water partition coefficient (Wildman–Crippen LogP) is 1.86. The van der Waals surface area contributed by atoms with E-state index in [4.69, 9.17) is 11.6 Å². The zero-order valence-corrected chi connectivity index (χ0v) is 9.01. The Kier molecular flexibility index (Phi) is 4.27. The van der Waals surface area contributed by atoms with Gasteiger partial charge >= 0.3 is 0 Å². The summed E-state index contributed by atoms with van der Waals surface area (Å²) in [5.41, 5.74) is 0.866. The number of amides is 1. The van der Waals surface area contributed by atoms with Gasteiger partial charge in [0, 0.05) is 11.8 Å². The van der Waals surface area contributed by atoms with Gasteiger partial charge in [0.25, 0.3) is 0 Å². The number of thiazole rings is 1. The van der Waals surface area contributed by atoms with E-state index in [1.54, 1.807) is 5.37 Å². The summed E-state index contributed by atoms with van der Waals surface area (Å²) < 4.78 is 0. The third-order valence-electron chi connectivity index (χ3n) is 1.21. The van der Waals surface area contributed by atoms with Gasteiger partial charge in [-0.2, -0.15) is 0 Å². The van der Waals surface area contributed by atoms with Crippen molar-refractivity contribution in [2.45, 2.75) is 6.42 Å². The Labute approximate surface area is 90.1 Å². The minimum atomic E-state index is -0.245. The van der Waals surface area contributed by atoms with Gasteiger partial charge in [0.1, 0.15) is 5.88 Å². The third-order valence-corrected chi connectivity index (χ3v) is 2.43. The van der Waals surface area contributed by atoms with Gasteiger partial charge in [-0.15, -0.1) is 22.9 Å². The minimum absolute atomic E-state index is 0.0535. The number of aromatic nitrogens is 1. The molecule has 1 N–H and O–H groups in total. The maximum Gasteiger partial charge on any atom is 0.241 e. The van der Waals surface area contributed by atoms with Crippen LogP contribution in [0.5, 0.6) is 0 Å². The van der Waals surface area contributed by atoms with Gasteiger partial charge in [0.05, 0.1) is 5.69 Å². The summed E-state index contributed by atoms with van der Waals surface area (Å²) >= 11 is 11.4. The first-order chi connectivity index (χ1) is 6.26. The molecule has 3 nitrogen and oxygen atoms in total. The molecule has 0 aliphatic carbocycles. The number of hydrogen-bond donors (Lipinski definition) is 1. The van der Waals surface area contributed by atoms with Crippen LogP contribution in [0.1, 0.15) is 5.69 Å². The first kappa shape index (κ1) is 10.6. The van der Waals surface area contributed by atoms with Crippen LogP contribution in [0, 0.1) is 0 Å². The van der Waals surface area contributed by atoms with Crippen LogP contribution >= 0.6 is 35.2 Å². The Morgan fingerprint density at radius 2 is 2.62 bits per heavy atom. The monoisotopic (exact) mass is 234 g/mol. The van der Waals surface area contributed by atoms with E-state index in [2.05, 4.69) is 22.5 Å². The average Bonchev–Trinajstić information content (AvgIpc) is 2.53. The van der Waals surface area contributed by atoms with Crippen molar-refractivity contribution in [3.05, 3.63) is 11.1 Å². The van der Waals surface area contributed by atoms with Crippen molar-refractivity contribution >= 4 is 51.6 Å². The molecule has 0 fully saturated rings. The Hall–Kier alpha value is -0.520. The Morgan fingerprint density at radius 1 is 1.85 bits per heavy atom. The molecule has 1 rings (SSSR count). The summed E-state index contributed by atoms with van der Waals surface area (Å²) in [6, 6.07) is 0. The largest absolute Gasteiger partial charge is 0.301 e. The summed E-state index contributed by atoms with van der Waals surface area (Å²) in [5.74, 6) is -0.299. The van der Waals surface area contributed by atoms with Crippen LogP contribution in [0.2, 0.25) is 0 Å². The fourth-order valence-corrected chi connectivity index (χ4v) is 1.67. The molecule has 0 radical (unpaired) electrons. The molecule has 0 spiro atoms. The van der Waals surface area contributed by atoms with E-state index in [-0.39, 0.29) is 11.8 Å². The van der Waals surface area contributed by atoms with Gasteiger partial charge in [-0.05, 0) is 5.37 Å². The van der Waals surface area contributed by atoms with Crippen molar-refractivity contribution in [2.75, 3.05) is 11.2 Å². The molecule has 1 amide bonds. The molecule has 6 heteroatoms. The molecule has 0 bridgehead atoms. The highest BCUT2D eigenvalue weighted by Gasteiger charge is 2.03. The highest BCUT2D eigenvalue weighted by molar-refractivity contribution is 7.79. The maximum atomic E-state index is 10.8. The molecule has 1 aromatic heterocycles. The summed E-state index contributed by atoms with van der Waals surface area (Å²) in [6.45, 7) is 0. The first-order valence-electron chi connectivity index (χ1n) is 3.50. The molecule has 0 aliphatic heterocycles. The number of hydrogen-bond acceptors (Lipinski definition) is 4. The number of carbonyl (C=O) groups excluding carboxylic acids is 1. The van der Waals surface area contributed by atoms with Crippen molar-refractivity contribution in [3.63, 3.8) is 0 Å². The Morgan fingerprint density at radius 3 is 3.23 bits per heavy atom. The van der Waals surface area contributed by atoms with Crippen LogP contribution in [0.25, 0.3) is 0 Å². The van der Waals surface area contributed by atoms with E-state index in [1.165, 1.54) is 11.3 Å². The zero-order chi connectivity index (χ0) is 9.68. The molecule has 0 unspecified atom stereocenters. The highest BCUT2D eigenvalue weighted by atomic mass is 35.5. The summed E-state index contributed by atoms with van der Waals surface area (Å²) in [6.07, 6.45) is 0.641. The normalized spacial score (nSPS) is 9.62. The Balaban J connectivity index is 2.58. The summed E-state index contributed by atoms with van der Waals surface area (Å²) in [7, 11) is 0. The molecule has 0 aliphatic rings. The smallest absolute Gasteiger partial charge is 0.241 e. The van der Waals surface area contributed by atoms with Crippen LogP contribution in [0.3, 0.4) is 0 Å². The zero-order valence-electron chi connectivity index (χ0n) is 6.62. The lowest BCUT2D eigenvalue weighted by molar-refractivity contribution is -0.113. The third kappa shape index (κ3) is 3.38. The number of anilines is 1. The van der Waals surface area contributed by atoms with Crippen molar-refractivity contribution in [1.29, 1.82) is 0 Å². The molecule has 0 aromatic carbocycles. The van der Waals surface area contributed by atoms with Crippen LogP contribution < -0.4 is 5.32 Å². The number of alkyl halides is 1. The molecule has 1 heterocycles. The van der Waals surface area contributed by atoms with E-state index >= 15 is 0 Å². The number of halogens is 1. The quantitative estimate of drug-likeness (QED) is 0.639. The van der Waals surface area contributed by atoms with Gasteiger partial charge in [0.2, 0.25) is 5.91 Å². The summed E-state index contributed by atoms with van der Waals surface area (Å²) in [5, 5.41) is 6.58.